The van der Waals surface area contributed by atoms with Crippen molar-refractivity contribution >= 4 is 26.5 Å². The molecule has 1 aliphatic heterocycles. The third kappa shape index (κ3) is 3.03. The minimum absolute atomic E-state index is 0.399. The van der Waals surface area contributed by atoms with E-state index in [1.54, 1.807) is 10.4 Å². The van der Waals surface area contributed by atoms with Crippen LogP contribution in [-0.2, 0) is 10.0 Å². The number of piperidine rings is 1. The van der Waals surface area contributed by atoms with Crippen LogP contribution in [-0.4, -0.2) is 39.9 Å². The standard InChI is InChI=1S/C19H26N2O2S/c1-14-11-15(2)13-21(12-14)24(22,23)19-10-6-7-16-17(19)8-5-9-18(16)20(3)4/h5-10,14-15H,11-13H2,1-4H3. The summed E-state index contributed by atoms with van der Waals surface area (Å²) in [5, 5.41) is 1.77. The Labute approximate surface area is 145 Å². The molecule has 24 heavy (non-hydrogen) atoms. The molecule has 0 aromatic heterocycles. The van der Waals surface area contributed by atoms with E-state index in [9.17, 15) is 8.42 Å². The summed E-state index contributed by atoms with van der Waals surface area (Å²) in [7, 11) is 0.470. The number of rotatable bonds is 3. The molecule has 0 N–H and O–H groups in total. The van der Waals surface area contributed by atoms with Crippen molar-refractivity contribution in [3.05, 3.63) is 36.4 Å². The lowest BCUT2D eigenvalue weighted by Gasteiger charge is -2.34. The highest BCUT2D eigenvalue weighted by Crippen LogP contribution is 2.33. The van der Waals surface area contributed by atoms with Gasteiger partial charge in [-0.15, -0.1) is 0 Å². The van der Waals surface area contributed by atoms with Crippen LogP contribution >= 0.6 is 0 Å². The minimum Gasteiger partial charge on any atom is -0.377 e. The second-order valence-corrected chi connectivity index (χ2v) is 9.20. The van der Waals surface area contributed by atoms with Crippen LogP contribution in [0.25, 0.3) is 10.8 Å². The lowest BCUT2D eigenvalue weighted by atomic mass is 9.94. The predicted octanol–water partition coefficient (Wildman–Crippen LogP) is 3.57. The van der Waals surface area contributed by atoms with Gasteiger partial charge in [0.25, 0.3) is 0 Å². The topological polar surface area (TPSA) is 40.6 Å². The first kappa shape index (κ1) is 17.2. The van der Waals surface area contributed by atoms with E-state index in [2.05, 4.69) is 13.8 Å². The maximum absolute atomic E-state index is 13.3. The van der Waals surface area contributed by atoms with Gasteiger partial charge in [-0.25, -0.2) is 8.42 Å². The molecule has 0 bridgehead atoms. The Kier molecular flexibility index (Phi) is 4.58. The fourth-order valence-electron chi connectivity index (χ4n) is 3.82. The van der Waals surface area contributed by atoms with E-state index < -0.39 is 10.0 Å². The van der Waals surface area contributed by atoms with Crippen LogP contribution in [0.4, 0.5) is 5.69 Å². The third-order valence-corrected chi connectivity index (χ3v) is 6.68. The molecule has 1 heterocycles. The molecule has 4 nitrogen and oxygen atoms in total. The van der Waals surface area contributed by atoms with Crippen LogP contribution in [0, 0.1) is 11.8 Å². The van der Waals surface area contributed by atoms with Crippen molar-refractivity contribution in [2.75, 3.05) is 32.1 Å². The average molecular weight is 346 g/mol. The first-order valence-corrected chi connectivity index (χ1v) is 9.94. The van der Waals surface area contributed by atoms with Gasteiger partial charge in [0.15, 0.2) is 0 Å². The molecule has 1 aliphatic rings. The summed E-state index contributed by atoms with van der Waals surface area (Å²) in [6.07, 6.45) is 1.09. The number of anilines is 1. The van der Waals surface area contributed by atoms with Crippen LogP contribution in [0.1, 0.15) is 20.3 Å². The van der Waals surface area contributed by atoms with Crippen molar-refractivity contribution < 1.29 is 8.42 Å². The fourth-order valence-corrected chi connectivity index (χ4v) is 5.71. The molecule has 2 unspecified atom stereocenters. The number of benzene rings is 2. The molecule has 0 radical (unpaired) electrons. The number of sulfonamides is 1. The first-order valence-electron chi connectivity index (χ1n) is 8.50. The number of hydrogen-bond acceptors (Lipinski definition) is 3. The van der Waals surface area contributed by atoms with E-state index in [4.69, 9.17) is 0 Å². The molecule has 0 saturated carbocycles. The molecular weight excluding hydrogens is 320 g/mol. The van der Waals surface area contributed by atoms with Crippen molar-refractivity contribution in [3.63, 3.8) is 0 Å². The van der Waals surface area contributed by atoms with Crippen LogP contribution in [0.5, 0.6) is 0 Å². The van der Waals surface area contributed by atoms with E-state index in [0.717, 1.165) is 22.9 Å². The zero-order valence-electron chi connectivity index (χ0n) is 14.9. The van der Waals surface area contributed by atoms with Gasteiger partial charge in [-0.05, 0) is 30.4 Å². The van der Waals surface area contributed by atoms with E-state index >= 15 is 0 Å². The third-order valence-electron chi connectivity index (χ3n) is 4.79. The van der Waals surface area contributed by atoms with Gasteiger partial charge in [-0.2, -0.15) is 4.31 Å². The summed E-state index contributed by atoms with van der Waals surface area (Å²) in [5.74, 6) is 0.798. The molecule has 2 aromatic rings. The van der Waals surface area contributed by atoms with Gasteiger partial charge in [0.2, 0.25) is 10.0 Å². The Bertz CT molecular complexity index is 836. The number of fused-ring (bicyclic) bond motifs is 1. The van der Waals surface area contributed by atoms with Gasteiger partial charge in [-0.1, -0.05) is 38.1 Å². The van der Waals surface area contributed by atoms with Crippen molar-refractivity contribution in [2.45, 2.75) is 25.2 Å². The maximum atomic E-state index is 13.3. The van der Waals surface area contributed by atoms with E-state index in [1.165, 1.54) is 0 Å². The molecule has 130 valence electrons. The lowest BCUT2D eigenvalue weighted by Crippen LogP contribution is -2.42. The second-order valence-electron chi connectivity index (χ2n) is 7.29. The highest BCUT2D eigenvalue weighted by atomic mass is 32.2. The van der Waals surface area contributed by atoms with Gasteiger partial charge in [-0.3, -0.25) is 0 Å². The summed E-state index contributed by atoms with van der Waals surface area (Å²) < 4.78 is 28.2. The van der Waals surface area contributed by atoms with Gasteiger partial charge in [0.1, 0.15) is 0 Å². The zero-order valence-corrected chi connectivity index (χ0v) is 15.7. The van der Waals surface area contributed by atoms with Crippen LogP contribution < -0.4 is 4.90 Å². The van der Waals surface area contributed by atoms with Crippen LogP contribution in [0.2, 0.25) is 0 Å². The fraction of sp³-hybridized carbons (Fsp3) is 0.474. The van der Waals surface area contributed by atoms with Gasteiger partial charge in [0, 0.05) is 43.6 Å². The second kappa shape index (κ2) is 6.37. The molecule has 0 aliphatic carbocycles. The minimum atomic E-state index is -3.48. The zero-order chi connectivity index (χ0) is 17.5. The monoisotopic (exact) mass is 346 g/mol. The van der Waals surface area contributed by atoms with E-state index in [0.29, 0.717) is 29.8 Å². The quantitative estimate of drug-likeness (QED) is 0.853. The SMILES string of the molecule is CC1CC(C)CN(S(=O)(=O)c2cccc3c(N(C)C)cccc23)C1. The smallest absolute Gasteiger partial charge is 0.243 e. The first-order chi connectivity index (χ1) is 11.3. The summed E-state index contributed by atoms with van der Waals surface area (Å²) in [4.78, 5) is 2.44. The molecule has 2 atom stereocenters. The predicted molar refractivity (Wildman–Crippen MR) is 100.0 cm³/mol. The average Bonchev–Trinajstić information content (AvgIpc) is 2.52. The highest BCUT2D eigenvalue weighted by Gasteiger charge is 2.32. The van der Waals surface area contributed by atoms with Gasteiger partial charge in [0.05, 0.1) is 4.90 Å². The Hall–Kier alpha value is -1.59. The van der Waals surface area contributed by atoms with Gasteiger partial charge >= 0.3 is 0 Å². The van der Waals surface area contributed by atoms with Crippen molar-refractivity contribution in [1.82, 2.24) is 4.31 Å². The maximum Gasteiger partial charge on any atom is 0.243 e. The number of nitrogens with zero attached hydrogens (tertiary/aromatic N) is 2. The van der Waals surface area contributed by atoms with E-state index in [-0.39, 0.29) is 0 Å². The molecule has 5 heteroatoms. The molecule has 1 saturated heterocycles. The Morgan fingerprint density at radius 3 is 2.17 bits per heavy atom. The molecule has 0 amide bonds. The molecule has 3 rings (SSSR count). The van der Waals surface area contributed by atoms with Crippen LogP contribution in [0.15, 0.2) is 41.3 Å². The lowest BCUT2D eigenvalue weighted by molar-refractivity contribution is 0.222. The van der Waals surface area contributed by atoms with Crippen molar-refractivity contribution in [2.24, 2.45) is 11.8 Å². The van der Waals surface area contributed by atoms with Crippen molar-refractivity contribution in [3.8, 4) is 0 Å². The Morgan fingerprint density at radius 1 is 0.958 bits per heavy atom. The van der Waals surface area contributed by atoms with E-state index in [1.807, 2.05) is 49.3 Å². The normalized spacial score (nSPS) is 22.7. The largest absolute Gasteiger partial charge is 0.377 e. The highest BCUT2D eigenvalue weighted by molar-refractivity contribution is 7.89. The summed E-state index contributed by atoms with van der Waals surface area (Å²) >= 11 is 0. The van der Waals surface area contributed by atoms with Gasteiger partial charge < -0.3 is 4.90 Å². The molecular formula is C19H26N2O2S. The summed E-state index contributed by atoms with van der Waals surface area (Å²) in [5.41, 5.74) is 1.03. The Balaban J connectivity index is 2.13. The summed E-state index contributed by atoms with van der Waals surface area (Å²) in [6.45, 7) is 5.48. The molecule has 1 fully saturated rings. The molecule has 2 aromatic carbocycles. The summed E-state index contributed by atoms with van der Waals surface area (Å²) in [6, 6.07) is 11.4. The molecule has 0 spiro atoms. The Morgan fingerprint density at radius 2 is 1.54 bits per heavy atom. The van der Waals surface area contributed by atoms with Crippen molar-refractivity contribution in [1.29, 1.82) is 0 Å². The number of hydrogen-bond donors (Lipinski definition) is 0. The van der Waals surface area contributed by atoms with Crippen LogP contribution in [0.3, 0.4) is 0 Å².